The van der Waals surface area contributed by atoms with Crippen molar-refractivity contribution in [2.45, 2.75) is 31.0 Å². The number of urea groups is 1. The van der Waals surface area contributed by atoms with Gasteiger partial charge in [0.2, 0.25) is 0 Å². The normalized spacial score (nSPS) is 25.5. The number of amides is 4. The fourth-order valence-electron chi connectivity index (χ4n) is 5.02. The maximum absolute atomic E-state index is 12.7. The quantitative estimate of drug-likeness (QED) is 0.712. The van der Waals surface area contributed by atoms with Gasteiger partial charge in [0.05, 0.1) is 27.5 Å². The fraction of sp³-hybridized carbons (Fsp3) is 0.409. The van der Waals surface area contributed by atoms with Crippen molar-refractivity contribution in [1.82, 2.24) is 10.2 Å². The number of thiophene rings is 1. The second-order valence-electron chi connectivity index (χ2n) is 8.52. The van der Waals surface area contributed by atoms with E-state index in [1.807, 2.05) is 17.0 Å². The molecule has 4 aliphatic heterocycles. The van der Waals surface area contributed by atoms with E-state index in [2.05, 4.69) is 5.32 Å². The van der Waals surface area contributed by atoms with Crippen LogP contribution in [0.5, 0.6) is 5.75 Å². The van der Waals surface area contributed by atoms with E-state index in [1.165, 1.54) is 11.3 Å². The molecule has 0 unspecified atom stereocenters. The molecule has 0 bridgehead atoms. The maximum atomic E-state index is 12.7. The van der Waals surface area contributed by atoms with Gasteiger partial charge in [-0.05, 0) is 37.1 Å². The molecule has 3 saturated heterocycles. The number of fused-ring (bicyclic) bond motifs is 4. The van der Waals surface area contributed by atoms with Crippen molar-refractivity contribution in [3.8, 4) is 5.75 Å². The first-order valence-corrected chi connectivity index (χ1v) is 12.1. The minimum atomic E-state index is -0.544. The van der Waals surface area contributed by atoms with Crippen molar-refractivity contribution >= 4 is 52.3 Å². The summed E-state index contributed by atoms with van der Waals surface area (Å²) in [6.45, 7) is 1.87. The highest BCUT2D eigenvalue weighted by molar-refractivity contribution is 7.18. The van der Waals surface area contributed by atoms with Crippen LogP contribution < -0.4 is 19.9 Å². The Balaban J connectivity index is 1.17. The summed E-state index contributed by atoms with van der Waals surface area (Å²) >= 11 is 7.09. The van der Waals surface area contributed by atoms with E-state index in [-0.39, 0.29) is 37.2 Å². The molecule has 3 fully saturated rings. The Morgan fingerprint density at radius 2 is 2.12 bits per heavy atom. The molecular formula is C22H21ClN4O5S. The molecule has 9 nitrogen and oxygen atoms in total. The molecule has 1 aromatic carbocycles. The third-order valence-corrected chi connectivity index (χ3v) is 7.87. The van der Waals surface area contributed by atoms with Gasteiger partial charge in [-0.15, -0.1) is 11.3 Å². The molecule has 0 saturated carbocycles. The standard InChI is InChI=1S/C22H21ClN4O5S/c23-19-6-5-18(33-19)20(28)24-9-17-15-11-31-16-8-12(3-4-14(16)27(15)22(30)32-17)26-10-13-2-1-7-25(13)21(26)29/h3-6,8,13,15,17H,1-2,7,9-11H2,(H,24,28)/t13-,15-,17-/m0/s1. The van der Waals surface area contributed by atoms with Gasteiger partial charge in [0.1, 0.15) is 24.5 Å². The van der Waals surface area contributed by atoms with Crippen LogP contribution in [-0.4, -0.2) is 67.4 Å². The summed E-state index contributed by atoms with van der Waals surface area (Å²) in [5.41, 5.74) is 1.36. The van der Waals surface area contributed by atoms with E-state index in [1.54, 1.807) is 28.0 Å². The van der Waals surface area contributed by atoms with Gasteiger partial charge >= 0.3 is 12.1 Å². The number of benzene rings is 1. The van der Waals surface area contributed by atoms with Crippen LogP contribution in [0.2, 0.25) is 4.34 Å². The molecule has 4 amide bonds. The topological polar surface area (TPSA) is 91.4 Å². The molecule has 0 spiro atoms. The smallest absolute Gasteiger partial charge is 0.415 e. The van der Waals surface area contributed by atoms with Crippen LogP contribution in [0.3, 0.4) is 0 Å². The first-order valence-electron chi connectivity index (χ1n) is 10.9. The number of anilines is 2. The molecule has 0 aliphatic carbocycles. The third-order valence-electron chi connectivity index (χ3n) is 6.64. The molecule has 5 heterocycles. The summed E-state index contributed by atoms with van der Waals surface area (Å²) in [7, 11) is 0. The lowest BCUT2D eigenvalue weighted by atomic mass is 10.1. The number of hydrogen-bond donors (Lipinski definition) is 1. The van der Waals surface area contributed by atoms with Gasteiger partial charge in [0.25, 0.3) is 5.91 Å². The number of hydrogen-bond acceptors (Lipinski definition) is 6. The molecule has 4 aliphatic rings. The number of nitrogens with zero attached hydrogens (tertiary/aromatic N) is 3. The zero-order valence-corrected chi connectivity index (χ0v) is 19.1. The van der Waals surface area contributed by atoms with Crippen molar-refractivity contribution in [1.29, 1.82) is 0 Å². The largest absolute Gasteiger partial charge is 0.489 e. The number of ether oxygens (including phenoxy) is 2. The van der Waals surface area contributed by atoms with Crippen LogP contribution in [0.1, 0.15) is 22.5 Å². The zero-order chi connectivity index (χ0) is 22.7. The second kappa shape index (κ2) is 7.81. The molecule has 0 radical (unpaired) electrons. The van der Waals surface area contributed by atoms with E-state index in [0.717, 1.165) is 25.1 Å². The van der Waals surface area contributed by atoms with E-state index in [9.17, 15) is 14.4 Å². The number of nitrogens with one attached hydrogen (secondary N) is 1. The van der Waals surface area contributed by atoms with Gasteiger partial charge in [0, 0.05) is 24.8 Å². The van der Waals surface area contributed by atoms with Crippen molar-refractivity contribution in [2.75, 3.05) is 36.0 Å². The van der Waals surface area contributed by atoms with Gasteiger partial charge in [-0.2, -0.15) is 0 Å². The van der Waals surface area contributed by atoms with Crippen molar-refractivity contribution < 1.29 is 23.9 Å². The molecule has 1 N–H and O–H groups in total. The number of halogens is 1. The van der Waals surface area contributed by atoms with Crippen LogP contribution in [0.25, 0.3) is 0 Å². The van der Waals surface area contributed by atoms with Crippen LogP contribution in [0.4, 0.5) is 21.0 Å². The summed E-state index contributed by atoms with van der Waals surface area (Å²) in [6.07, 6.45) is 1.06. The average molecular weight is 489 g/mol. The minimum absolute atomic E-state index is 0.0227. The first-order chi connectivity index (χ1) is 16.0. The Kier molecular flexibility index (Phi) is 4.88. The SMILES string of the molecule is O=C(NC[C@@H]1OC(=O)N2c3ccc(N4C[C@@H]5CCCN5C4=O)cc3OC[C@@H]12)c1ccc(Cl)s1. The Hall–Kier alpha value is -2.98. The van der Waals surface area contributed by atoms with Gasteiger partial charge < -0.3 is 19.7 Å². The number of carbonyl (C=O) groups excluding carboxylic acids is 3. The van der Waals surface area contributed by atoms with Gasteiger partial charge in [-0.1, -0.05) is 11.6 Å². The lowest BCUT2D eigenvalue weighted by Crippen LogP contribution is -2.47. The Bertz CT molecular complexity index is 1160. The highest BCUT2D eigenvalue weighted by Gasteiger charge is 2.47. The lowest BCUT2D eigenvalue weighted by Gasteiger charge is -2.32. The Labute approximate surface area is 198 Å². The predicted octanol–water partition coefficient (Wildman–Crippen LogP) is 3.32. The number of rotatable bonds is 4. The summed E-state index contributed by atoms with van der Waals surface area (Å²) in [5.74, 6) is 0.275. The van der Waals surface area contributed by atoms with Crippen molar-refractivity contribution in [2.24, 2.45) is 0 Å². The van der Waals surface area contributed by atoms with E-state index < -0.39 is 12.2 Å². The van der Waals surface area contributed by atoms with E-state index in [0.29, 0.717) is 27.2 Å². The van der Waals surface area contributed by atoms with Gasteiger partial charge in [-0.3, -0.25) is 14.6 Å². The fourth-order valence-corrected chi connectivity index (χ4v) is 5.98. The first kappa shape index (κ1) is 20.6. The molecule has 1 aromatic heterocycles. The predicted molar refractivity (Wildman–Crippen MR) is 123 cm³/mol. The molecule has 2 aromatic rings. The van der Waals surface area contributed by atoms with E-state index >= 15 is 0 Å². The van der Waals surface area contributed by atoms with Crippen LogP contribution >= 0.6 is 22.9 Å². The molecule has 3 atom stereocenters. The van der Waals surface area contributed by atoms with E-state index in [4.69, 9.17) is 21.1 Å². The highest BCUT2D eigenvalue weighted by atomic mass is 35.5. The number of carbonyl (C=O) groups is 3. The average Bonchev–Trinajstić information content (AvgIpc) is 3.58. The maximum Gasteiger partial charge on any atom is 0.415 e. The van der Waals surface area contributed by atoms with Gasteiger partial charge in [0.15, 0.2) is 0 Å². The molecule has 33 heavy (non-hydrogen) atoms. The summed E-state index contributed by atoms with van der Waals surface area (Å²) in [6, 6.07) is 8.70. The lowest BCUT2D eigenvalue weighted by molar-refractivity contribution is 0.0890. The molecule has 6 rings (SSSR count). The monoisotopic (exact) mass is 488 g/mol. The highest BCUT2D eigenvalue weighted by Crippen LogP contribution is 2.42. The summed E-state index contributed by atoms with van der Waals surface area (Å²) < 4.78 is 12.1. The third kappa shape index (κ3) is 3.39. The number of cyclic esters (lactones) is 1. The minimum Gasteiger partial charge on any atom is -0.489 e. The van der Waals surface area contributed by atoms with Crippen molar-refractivity contribution in [3.05, 3.63) is 39.5 Å². The van der Waals surface area contributed by atoms with Crippen LogP contribution in [0, 0.1) is 0 Å². The van der Waals surface area contributed by atoms with Crippen LogP contribution in [-0.2, 0) is 4.74 Å². The molecular weight excluding hydrogens is 468 g/mol. The molecule has 172 valence electrons. The molecule has 11 heteroatoms. The van der Waals surface area contributed by atoms with Crippen LogP contribution in [0.15, 0.2) is 30.3 Å². The van der Waals surface area contributed by atoms with Gasteiger partial charge in [-0.25, -0.2) is 9.59 Å². The van der Waals surface area contributed by atoms with Crippen molar-refractivity contribution in [3.63, 3.8) is 0 Å². The second-order valence-corrected chi connectivity index (χ2v) is 10.2. The summed E-state index contributed by atoms with van der Waals surface area (Å²) in [4.78, 5) is 43.5. The summed E-state index contributed by atoms with van der Waals surface area (Å²) in [5, 5.41) is 2.81. The zero-order valence-electron chi connectivity index (χ0n) is 17.5. The Morgan fingerprint density at radius 1 is 1.24 bits per heavy atom. The Morgan fingerprint density at radius 3 is 2.91 bits per heavy atom.